The third kappa shape index (κ3) is 3.40. The monoisotopic (exact) mass is 457 g/mol. The van der Waals surface area contributed by atoms with Crippen LogP contribution in [0.4, 0.5) is 30.2 Å². The van der Waals surface area contributed by atoms with Crippen molar-refractivity contribution in [3.8, 4) is 11.5 Å². The van der Waals surface area contributed by atoms with Crippen LogP contribution in [0.25, 0.3) is 0 Å². The Labute approximate surface area is 175 Å². The summed E-state index contributed by atoms with van der Waals surface area (Å²) >= 11 is 0. The molecule has 2 heterocycles. The van der Waals surface area contributed by atoms with Gasteiger partial charge in [0.05, 0.1) is 23.9 Å². The van der Waals surface area contributed by atoms with Gasteiger partial charge in [-0.2, -0.15) is 21.6 Å². The minimum Gasteiger partial charge on any atom is -0.496 e. The maximum Gasteiger partial charge on any atom is 0.534 e. The predicted molar refractivity (Wildman–Crippen MR) is 107 cm³/mol. The molecule has 31 heavy (non-hydrogen) atoms. The lowest BCUT2D eigenvalue weighted by molar-refractivity contribution is -0.119. The van der Waals surface area contributed by atoms with E-state index in [0.717, 1.165) is 23.4 Å². The topological polar surface area (TPSA) is 106 Å². The minimum atomic E-state index is -5.79. The van der Waals surface area contributed by atoms with Gasteiger partial charge in [-0.15, -0.1) is 0 Å². The zero-order valence-corrected chi connectivity index (χ0v) is 17.4. The third-order valence-corrected chi connectivity index (χ3v) is 6.23. The number of methoxy groups -OCH3 is 1. The first kappa shape index (κ1) is 21.1. The normalized spacial score (nSPS) is 19.0. The average molecular weight is 457 g/mol. The number of hydrogen-bond acceptors (Lipinski definition) is 7. The molecule has 0 fully saturated rings. The number of nitrogens with one attached hydrogen (secondary N) is 3. The molecule has 166 valence electrons. The van der Waals surface area contributed by atoms with Gasteiger partial charge in [0, 0.05) is 17.3 Å². The van der Waals surface area contributed by atoms with Gasteiger partial charge in [0.2, 0.25) is 5.91 Å². The first-order chi connectivity index (χ1) is 14.3. The lowest BCUT2D eigenvalue weighted by Crippen LogP contribution is -2.28. The van der Waals surface area contributed by atoms with E-state index < -0.39 is 33.0 Å². The minimum absolute atomic E-state index is 0.103. The Morgan fingerprint density at radius 2 is 1.68 bits per heavy atom. The quantitative estimate of drug-likeness (QED) is 0.475. The fourth-order valence-corrected chi connectivity index (χ4v) is 3.97. The van der Waals surface area contributed by atoms with Gasteiger partial charge in [-0.25, -0.2) is 0 Å². The SMILES string of the molecule is COc1cc(OS(=O)(=O)C(F)(F)F)ccc1C1Nc2cc3c(cc2N1)C(C)(C)C(=O)N3. The summed E-state index contributed by atoms with van der Waals surface area (Å²) in [6.45, 7) is 3.63. The molecule has 2 aromatic carbocycles. The van der Waals surface area contributed by atoms with Crippen molar-refractivity contribution in [2.75, 3.05) is 23.1 Å². The third-order valence-electron chi connectivity index (χ3n) is 5.25. The molecule has 0 aromatic heterocycles. The molecule has 3 N–H and O–H groups in total. The van der Waals surface area contributed by atoms with E-state index >= 15 is 0 Å². The Morgan fingerprint density at radius 3 is 2.29 bits per heavy atom. The largest absolute Gasteiger partial charge is 0.534 e. The summed E-state index contributed by atoms with van der Waals surface area (Å²) < 4.78 is 69.6. The van der Waals surface area contributed by atoms with Crippen LogP contribution in [-0.4, -0.2) is 26.9 Å². The maximum absolute atomic E-state index is 12.6. The highest BCUT2D eigenvalue weighted by molar-refractivity contribution is 7.88. The van der Waals surface area contributed by atoms with Crippen LogP contribution in [0.15, 0.2) is 30.3 Å². The number of amides is 1. The molecule has 4 rings (SSSR count). The predicted octanol–water partition coefficient (Wildman–Crippen LogP) is 3.69. The van der Waals surface area contributed by atoms with Gasteiger partial charge in [-0.3, -0.25) is 4.79 Å². The van der Waals surface area contributed by atoms with Crippen molar-refractivity contribution >= 4 is 33.1 Å². The molecule has 0 saturated carbocycles. The van der Waals surface area contributed by atoms with E-state index in [0.29, 0.717) is 16.9 Å². The summed E-state index contributed by atoms with van der Waals surface area (Å²) in [5.74, 6) is -0.514. The van der Waals surface area contributed by atoms with Gasteiger partial charge < -0.3 is 24.9 Å². The summed E-state index contributed by atoms with van der Waals surface area (Å²) in [4.78, 5) is 12.2. The highest BCUT2D eigenvalue weighted by atomic mass is 32.2. The van der Waals surface area contributed by atoms with E-state index in [1.54, 1.807) is 6.07 Å². The molecule has 2 aromatic rings. The standard InChI is InChI=1S/C19H18F3N3O5S/c1-18(2)11-7-13-14(8-12(11)25-17(18)26)24-16(23-13)10-5-4-9(6-15(10)29-3)30-31(27,28)19(20,21)22/h4-8,16,23-24H,1-3H3,(H,25,26). The van der Waals surface area contributed by atoms with Gasteiger partial charge in [0.1, 0.15) is 17.7 Å². The summed E-state index contributed by atoms with van der Waals surface area (Å²) in [5.41, 5.74) is -2.75. The van der Waals surface area contributed by atoms with E-state index in [2.05, 4.69) is 20.1 Å². The summed E-state index contributed by atoms with van der Waals surface area (Å²) in [6, 6.07) is 7.22. The van der Waals surface area contributed by atoms with Crippen LogP contribution in [0.2, 0.25) is 0 Å². The smallest absolute Gasteiger partial charge is 0.496 e. The Bertz CT molecular complexity index is 1200. The van der Waals surface area contributed by atoms with E-state index in [9.17, 15) is 26.4 Å². The fourth-order valence-electron chi connectivity index (χ4n) is 3.52. The average Bonchev–Trinajstić information content (AvgIpc) is 3.17. The Balaban J connectivity index is 1.61. The van der Waals surface area contributed by atoms with Crippen molar-refractivity contribution < 1.29 is 35.3 Å². The highest BCUT2D eigenvalue weighted by Crippen LogP contribution is 2.46. The Kier molecular flexibility index (Phi) is 4.54. The van der Waals surface area contributed by atoms with Crippen LogP contribution >= 0.6 is 0 Å². The molecule has 0 bridgehead atoms. The molecule has 1 amide bonds. The number of fused-ring (bicyclic) bond motifs is 2. The number of rotatable bonds is 4. The van der Waals surface area contributed by atoms with Crippen LogP contribution in [0, 0.1) is 0 Å². The molecule has 1 atom stereocenters. The van der Waals surface area contributed by atoms with Crippen LogP contribution < -0.4 is 24.9 Å². The molecular weight excluding hydrogens is 439 g/mol. The summed E-state index contributed by atoms with van der Waals surface area (Å²) in [6.07, 6.45) is -0.514. The first-order valence-electron chi connectivity index (χ1n) is 9.05. The molecule has 0 radical (unpaired) electrons. The van der Waals surface area contributed by atoms with Crippen molar-refractivity contribution in [2.24, 2.45) is 0 Å². The number of hydrogen-bond donors (Lipinski definition) is 3. The number of halogens is 3. The second kappa shape index (κ2) is 6.67. The van der Waals surface area contributed by atoms with Crippen molar-refractivity contribution in [3.63, 3.8) is 0 Å². The van der Waals surface area contributed by atoms with Crippen molar-refractivity contribution in [1.82, 2.24) is 0 Å². The van der Waals surface area contributed by atoms with Crippen LogP contribution in [-0.2, 0) is 20.3 Å². The first-order valence-corrected chi connectivity index (χ1v) is 10.5. The van der Waals surface area contributed by atoms with Crippen LogP contribution in [0.5, 0.6) is 11.5 Å². The Morgan fingerprint density at radius 1 is 1.03 bits per heavy atom. The molecular formula is C19H18F3N3O5S. The van der Waals surface area contributed by atoms with Crippen LogP contribution in [0.3, 0.4) is 0 Å². The molecule has 12 heteroatoms. The molecule has 0 aliphatic carbocycles. The number of carbonyl (C=O) groups is 1. The van der Waals surface area contributed by atoms with E-state index in [1.165, 1.54) is 13.2 Å². The van der Waals surface area contributed by atoms with Gasteiger partial charge in [-0.1, -0.05) is 0 Å². The molecule has 2 aliphatic rings. The Hall–Kier alpha value is -3.15. The number of carbonyl (C=O) groups excluding carboxylic acids is 1. The lowest BCUT2D eigenvalue weighted by Gasteiger charge is -2.18. The van der Waals surface area contributed by atoms with Gasteiger partial charge in [-0.05, 0) is 43.7 Å². The van der Waals surface area contributed by atoms with Crippen LogP contribution in [0.1, 0.15) is 31.1 Å². The van der Waals surface area contributed by atoms with Gasteiger partial charge in [0.25, 0.3) is 0 Å². The molecule has 0 saturated heterocycles. The second-order valence-electron chi connectivity index (χ2n) is 7.63. The molecule has 1 unspecified atom stereocenters. The second-order valence-corrected chi connectivity index (χ2v) is 9.17. The molecule has 2 aliphatic heterocycles. The summed E-state index contributed by atoms with van der Waals surface area (Å²) in [7, 11) is -4.49. The van der Waals surface area contributed by atoms with E-state index in [1.807, 2.05) is 19.9 Å². The highest BCUT2D eigenvalue weighted by Gasteiger charge is 2.48. The zero-order valence-electron chi connectivity index (χ0n) is 16.5. The number of alkyl halides is 3. The molecule has 8 nitrogen and oxygen atoms in total. The lowest BCUT2D eigenvalue weighted by atomic mass is 9.86. The van der Waals surface area contributed by atoms with Gasteiger partial charge >= 0.3 is 15.6 Å². The van der Waals surface area contributed by atoms with Crippen molar-refractivity contribution in [3.05, 3.63) is 41.5 Å². The maximum atomic E-state index is 12.6. The van der Waals surface area contributed by atoms with Gasteiger partial charge in [0.15, 0.2) is 0 Å². The van der Waals surface area contributed by atoms with E-state index in [-0.39, 0.29) is 11.7 Å². The van der Waals surface area contributed by atoms with E-state index in [4.69, 9.17) is 4.74 Å². The molecule has 0 spiro atoms. The number of ether oxygens (including phenoxy) is 1. The zero-order chi connectivity index (χ0) is 22.8. The number of anilines is 3. The fraction of sp³-hybridized carbons (Fsp3) is 0.316. The summed E-state index contributed by atoms with van der Waals surface area (Å²) in [5, 5.41) is 9.28. The van der Waals surface area contributed by atoms with Crippen molar-refractivity contribution in [1.29, 1.82) is 0 Å². The van der Waals surface area contributed by atoms with Crippen molar-refractivity contribution in [2.45, 2.75) is 30.9 Å². The number of benzene rings is 2.